The molecule has 0 spiro atoms. The van der Waals surface area contributed by atoms with Crippen LogP contribution in [0.25, 0.3) is 43.8 Å². The van der Waals surface area contributed by atoms with E-state index >= 15 is 0 Å². The second-order valence-electron chi connectivity index (χ2n) is 11.4. The molecule has 0 heterocycles. The van der Waals surface area contributed by atoms with Crippen LogP contribution >= 0.6 is 0 Å². The number of fused-ring (bicyclic) bond motifs is 2. The molecule has 0 saturated heterocycles. The first kappa shape index (κ1) is 36.2. The van der Waals surface area contributed by atoms with E-state index in [0.29, 0.717) is 0 Å². The summed E-state index contributed by atoms with van der Waals surface area (Å²) in [6, 6.07) is 63.8. The molecule has 48 heavy (non-hydrogen) atoms. The van der Waals surface area contributed by atoms with Crippen LogP contribution in [0.5, 0.6) is 0 Å². The van der Waals surface area contributed by atoms with Gasteiger partial charge < -0.3 is 6.17 Å². The summed E-state index contributed by atoms with van der Waals surface area (Å²) in [6.07, 6.45) is 6.69. The number of hydrogen-bond donors (Lipinski definition) is 0. The van der Waals surface area contributed by atoms with Crippen LogP contribution in [0.1, 0.15) is 22.3 Å². The molecule has 0 unspecified atom stereocenters. The largest absolute Gasteiger partial charge is 4.00 e. The van der Waals surface area contributed by atoms with E-state index in [4.69, 9.17) is 0 Å². The van der Waals surface area contributed by atoms with E-state index in [1.807, 2.05) is 12.1 Å². The summed E-state index contributed by atoms with van der Waals surface area (Å²) in [7, 11) is 1.36. The fourth-order valence-electron chi connectivity index (χ4n) is 5.80. The van der Waals surface area contributed by atoms with Gasteiger partial charge in [0.1, 0.15) is 0 Å². The summed E-state index contributed by atoms with van der Waals surface area (Å²) in [5.41, 5.74) is 10.4. The molecule has 2 heteroatoms. The SMILES string of the molecule is Cc1cc2c(-c3ccccc3)cccc2[cH-]1.Cc1cc2c(-c3ccccc3)cccc2[cH-]1.[CH-]=[SiH2].[Zr+4].c1ccc([CH-]c2ccccc2)cc1. The number of benzene rings is 6. The molecule has 0 atom stereocenters. The Morgan fingerprint density at radius 1 is 0.438 bits per heavy atom. The first-order valence-corrected chi connectivity index (χ1v) is 16.7. The monoisotopic (exact) mass is 710 g/mol. The minimum Gasteiger partial charge on any atom is -0.533 e. The summed E-state index contributed by atoms with van der Waals surface area (Å²) < 4.78 is 0. The van der Waals surface area contributed by atoms with Crippen LogP contribution in [-0.4, -0.2) is 16.0 Å². The van der Waals surface area contributed by atoms with Crippen molar-refractivity contribution in [3.05, 3.63) is 211 Å². The fraction of sp³-hybridized carbons (Fsp3) is 0.0435. The standard InChI is InChI=1S/2C16H13.C13H11.CH3Si.Zr/c2*1-12-10-14-8-5-9-15(16(14)11-12)13-6-3-2-4-7-13;1-3-7-12(8-4-1)11-13-9-5-2-6-10-13;1-2;/h2*2-11H,1H3;1-11H;1H,2H2;/q4*-1;+4. The van der Waals surface area contributed by atoms with E-state index in [9.17, 15) is 0 Å². The molecule has 0 N–H and O–H groups in total. The van der Waals surface area contributed by atoms with Crippen molar-refractivity contribution in [2.75, 3.05) is 0 Å². The number of aryl methyl sites for hydroxylation is 2. The third-order valence-electron chi connectivity index (χ3n) is 7.89. The minimum absolute atomic E-state index is 0. The number of rotatable bonds is 4. The quantitative estimate of drug-likeness (QED) is 0.126. The van der Waals surface area contributed by atoms with Gasteiger partial charge in [0.2, 0.25) is 0 Å². The van der Waals surface area contributed by atoms with Crippen molar-refractivity contribution in [2.24, 2.45) is 0 Å². The molecular formula is C46H40SiZr. The summed E-state index contributed by atoms with van der Waals surface area (Å²) in [5, 5.41) is 5.37. The van der Waals surface area contributed by atoms with Crippen molar-refractivity contribution in [1.29, 1.82) is 0 Å². The van der Waals surface area contributed by atoms with Crippen molar-refractivity contribution in [3.63, 3.8) is 0 Å². The molecule has 0 amide bonds. The van der Waals surface area contributed by atoms with Gasteiger partial charge in [-0.25, -0.2) is 9.85 Å². The molecule has 0 nitrogen and oxygen atoms in total. The van der Waals surface area contributed by atoms with Crippen molar-refractivity contribution in [2.45, 2.75) is 13.8 Å². The number of hydrogen-bond acceptors (Lipinski definition) is 0. The molecule has 0 aromatic heterocycles. The maximum Gasteiger partial charge on any atom is 4.00 e. The fourth-order valence-corrected chi connectivity index (χ4v) is 5.80. The van der Waals surface area contributed by atoms with Crippen LogP contribution in [0, 0.1) is 20.3 Å². The maximum atomic E-state index is 4.53. The van der Waals surface area contributed by atoms with Crippen LogP contribution in [0.3, 0.4) is 0 Å². The Bertz CT molecular complexity index is 1940. The smallest absolute Gasteiger partial charge is 0.533 e. The summed E-state index contributed by atoms with van der Waals surface area (Å²) >= 11 is 0. The minimum atomic E-state index is 0. The zero-order chi connectivity index (χ0) is 32.8. The van der Waals surface area contributed by atoms with Gasteiger partial charge in [0.15, 0.2) is 0 Å². The zero-order valence-corrected chi connectivity index (χ0v) is 31.6. The molecule has 0 bridgehead atoms. The molecule has 8 aromatic rings. The van der Waals surface area contributed by atoms with Crippen molar-refractivity contribution < 1.29 is 26.2 Å². The molecule has 8 aromatic carbocycles. The first-order chi connectivity index (χ1) is 23.1. The maximum absolute atomic E-state index is 4.53. The second kappa shape index (κ2) is 18.6. The zero-order valence-electron chi connectivity index (χ0n) is 27.7. The van der Waals surface area contributed by atoms with Crippen LogP contribution in [0.4, 0.5) is 0 Å². The molecule has 0 saturated carbocycles. The average molecular weight is 712 g/mol. The van der Waals surface area contributed by atoms with Crippen molar-refractivity contribution >= 4 is 37.6 Å². The van der Waals surface area contributed by atoms with Gasteiger partial charge in [-0.2, -0.15) is 12.1 Å². The van der Waals surface area contributed by atoms with E-state index in [0.717, 1.165) is 0 Å². The molecule has 0 fully saturated rings. The Hall–Kier alpha value is -4.62. The molecule has 0 aliphatic carbocycles. The average Bonchev–Trinajstić information content (AvgIpc) is 3.72. The Balaban J connectivity index is 0.000000158. The van der Waals surface area contributed by atoms with Gasteiger partial charge in [-0.05, 0) is 11.1 Å². The van der Waals surface area contributed by atoms with Crippen LogP contribution < -0.4 is 0 Å². The van der Waals surface area contributed by atoms with Gasteiger partial charge in [-0.3, -0.25) is 0 Å². The van der Waals surface area contributed by atoms with Gasteiger partial charge >= 0.3 is 26.2 Å². The predicted octanol–water partition coefficient (Wildman–Crippen LogP) is 11.3. The molecule has 0 radical (unpaired) electrons. The Morgan fingerprint density at radius 3 is 1.12 bits per heavy atom. The van der Waals surface area contributed by atoms with Crippen LogP contribution in [0.15, 0.2) is 182 Å². The first-order valence-electron chi connectivity index (χ1n) is 15.9. The van der Waals surface area contributed by atoms with Gasteiger partial charge in [0, 0.05) is 0 Å². The molecule has 232 valence electrons. The third-order valence-corrected chi connectivity index (χ3v) is 7.89. The van der Waals surface area contributed by atoms with Crippen LogP contribution in [0.2, 0.25) is 0 Å². The topological polar surface area (TPSA) is 0 Å². The van der Waals surface area contributed by atoms with Gasteiger partial charge in [0.05, 0.1) is 0 Å². The van der Waals surface area contributed by atoms with Crippen molar-refractivity contribution in [1.82, 2.24) is 0 Å². The normalized spacial score (nSPS) is 9.88. The van der Waals surface area contributed by atoms with E-state index in [1.54, 1.807) is 0 Å². The summed E-state index contributed by atoms with van der Waals surface area (Å²) in [4.78, 5) is 0. The van der Waals surface area contributed by atoms with Crippen molar-refractivity contribution in [3.8, 4) is 22.3 Å². The molecule has 8 rings (SSSR count). The Morgan fingerprint density at radius 2 is 0.771 bits per heavy atom. The van der Waals surface area contributed by atoms with E-state index < -0.39 is 0 Å². The van der Waals surface area contributed by atoms with Gasteiger partial charge in [-0.1, -0.05) is 134 Å². The summed E-state index contributed by atoms with van der Waals surface area (Å²) in [6.45, 7) is 4.30. The van der Waals surface area contributed by atoms with Gasteiger partial charge in [-0.15, -0.1) is 111 Å². The van der Waals surface area contributed by atoms with E-state index in [1.165, 1.54) is 75.9 Å². The Kier molecular flexibility index (Phi) is 14.1. The van der Waals surface area contributed by atoms with E-state index in [-0.39, 0.29) is 26.2 Å². The van der Waals surface area contributed by atoms with E-state index in [2.05, 4.69) is 196 Å². The summed E-state index contributed by atoms with van der Waals surface area (Å²) in [5.74, 6) is 0. The second-order valence-corrected chi connectivity index (χ2v) is 11.4. The van der Waals surface area contributed by atoms with Crippen LogP contribution in [-0.2, 0) is 26.2 Å². The third kappa shape index (κ3) is 9.71. The molecule has 0 aliphatic rings. The molecule has 0 aliphatic heterocycles. The van der Waals surface area contributed by atoms with Gasteiger partial charge in [0.25, 0.3) is 0 Å². The predicted molar refractivity (Wildman–Crippen MR) is 209 cm³/mol. The Labute approximate surface area is 308 Å². The molecular weight excluding hydrogens is 672 g/mol.